The van der Waals surface area contributed by atoms with Crippen LogP contribution in [0.15, 0.2) is 59.6 Å². The summed E-state index contributed by atoms with van der Waals surface area (Å²) in [5, 5.41) is 1.98. The Balaban J connectivity index is 1.77. The van der Waals surface area contributed by atoms with E-state index in [9.17, 15) is 8.78 Å². The average Bonchev–Trinajstić information content (AvgIpc) is 2.85. The molecule has 3 aromatic carbocycles. The highest BCUT2D eigenvalue weighted by Gasteiger charge is 2.09. The maximum Gasteiger partial charge on any atom is 0.153 e. The first-order valence-electron chi connectivity index (χ1n) is 11.4. The predicted molar refractivity (Wildman–Crippen MR) is 138 cm³/mol. The van der Waals surface area contributed by atoms with E-state index in [1.807, 2.05) is 30.3 Å². The largest absolute Gasteiger partial charge is 0.204 e. The van der Waals surface area contributed by atoms with E-state index in [-0.39, 0.29) is 5.56 Å². The van der Waals surface area contributed by atoms with Crippen molar-refractivity contribution in [3.05, 3.63) is 99.6 Å². The average molecular weight is 470 g/mol. The monoisotopic (exact) mass is 469 g/mol. The summed E-state index contributed by atoms with van der Waals surface area (Å²) in [6, 6.07) is 16.5. The number of isothiocyanates is 1. The molecule has 0 atom stereocenters. The van der Waals surface area contributed by atoms with Gasteiger partial charge in [-0.3, -0.25) is 0 Å². The van der Waals surface area contributed by atoms with E-state index >= 15 is 0 Å². The minimum Gasteiger partial charge on any atom is -0.204 e. The molecule has 0 radical (unpaired) electrons. The standard InChI is InChI=1S/C30H25F2NS/c1-3-5-6-7-22-8-10-23(11-9-22)12-13-24-14-16-27(26(4-2)18-24)17-15-25-19-28(31)30(33-21-34)29(32)20-25/h8-11,14,16,18-20H,3-7H2,1-2H3. The zero-order valence-corrected chi connectivity index (χ0v) is 20.2. The Morgan fingerprint density at radius 3 is 2.06 bits per heavy atom. The van der Waals surface area contributed by atoms with Gasteiger partial charge in [0.05, 0.1) is 5.16 Å². The molecule has 34 heavy (non-hydrogen) atoms. The number of nitrogens with zero attached hydrogens (tertiary/aromatic N) is 1. The highest BCUT2D eigenvalue weighted by Crippen LogP contribution is 2.23. The smallest absolute Gasteiger partial charge is 0.153 e. The molecule has 4 heteroatoms. The van der Waals surface area contributed by atoms with E-state index < -0.39 is 17.3 Å². The van der Waals surface area contributed by atoms with Gasteiger partial charge in [-0.05, 0) is 85.1 Å². The third-order valence-electron chi connectivity index (χ3n) is 5.38. The normalized spacial score (nSPS) is 9.88. The van der Waals surface area contributed by atoms with Crippen molar-refractivity contribution in [2.45, 2.75) is 46.0 Å². The molecule has 0 aliphatic carbocycles. The number of rotatable bonds is 6. The van der Waals surface area contributed by atoms with E-state index in [1.54, 1.807) is 0 Å². The summed E-state index contributed by atoms with van der Waals surface area (Å²) in [4.78, 5) is 3.41. The first-order valence-corrected chi connectivity index (χ1v) is 11.8. The van der Waals surface area contributed by atoms with Gasteiger partial charge in [-0.25, -0.2) is 8.78 Å². The molecule has 1 nitrogen and oxygen atoms in total. The van der Waals surface area contributed by atoms with Crippen molar-refractivity contribution in [1.82, 2.24) is 0 Å². The van der Waals surface area contributed by atoms with Crippen LogP contribution in [0.5, 0.6) is 0 Å². The zero-order valence-electron chi connectivity index (χ0n) is 19.3. The van der Waals surface area contributed by atoms with Gasteiger partial charge in [0.15, 0.2) is 11.6 Å². The van der Waals surface area contributed by atoms with E-state index in [0.29, 0.717) is 0 Å². The molecule has 0 heterocycles. The summed E-state index contributed by atoms with van der Waals surface area (Å²) in [6.45, 7) is 4.24. The van der Waals surface area contributed by atoms with Crippen LogP contribution in [0.25, 0.3) is 0 Å². The molecule has 0 aliphatic heterocycles. The fraction of sp³-hybridized carbons (Fsp3) is 0.233. The molecule has 0 aliphatic rings. The van der Waals surface area contributed by atoms with Crippen LogP contribution in [0.1, 0.15) is 66.5 Å². The Bertz CT molecular complexity index is 1310. The molecule has 0 spiro atoms. The minimum atomic E-state index is -0.822. The Morgan fingerprint density at radius 2 is 1.41 bits per heavy atom. The van der Waals surface area contributed by atoms with Crippen LogP contribution < -0.4 is 0 Å². The van der Waals surface area contributed by atoms with Gasteiger partial charge in [0, 0.05) is 22.3 Å². The third kappa shape index (κ3) is 6.97. The van der Waals surface area contributed by atoms with Gasteiger partial charge in [0.2, 0.25) is 0 Å². The summed E-state index contributed by atoms with van der Waals surface area (Å²) >= 11 is 4.42. The molecule has 0 N–H and O–H groups in total. The van der Waals surface area contributed by atoms with Gasteiger partial charge in [0.1, 0.15) is 5.69 Å². The lowest BCUT2D eigenvalue weighted by Gasteiger charge is -2.03. The topological polar surface area (TPSA) is 12.4 Å². The fourth-order valence-corrected chi connectivity index (χ4v) is 3.59. The van der Waals surface area contributed by atoms with Crippen LogP contribution in [0, 0.1) is 35.3 Å². The second kappa shape index (κ2) is 12.6. The zero-order chi connectivity index (χ0) is 24.3. The highest BCUT2D eigenvalue weighted by atomic mass is 32.1. The maximum atomic E-state index is 14.0. The summed E-state index contributed by atoms with van der Waals surface area (Å²) in [6.07, 6.45) is 5.56. The summed E-state index contributed by atoms with van der Waals surface area (Å²) < 4.78 is 28.1. The third-order valence-corrected chi connectivity index (χ3v) is 5.47. The SMILES string of the molecule is CCCCCc1ccc(C#Cc2ccc(C#Cc3cc(F)c(N=C=S)c(F)c3)c(CC)c2)cc1. The second-order valence-corrected chi connectivity index (χ2v) is 8.05. The Labute approximate surface area is 206 Å². The minimum absolute atomic E-state index is 0.224. The van der Waals surface area contributed by atoms with Crippen LogP contribution >= 0.6 is 12.2 Å². The molecule has 3 rings (SSSR count). The van der Waals surface area contributed by atoms with Gasteiger partial charge in [-0.1, -0.05) is 62.5 Å². The Kier molecular flexibility index (Phi) is 9.30. The Hall–Kier alpha value is -3.56. The van der Waals surface area contributed by atoms with Gasteiger partial charge < -0.3 is 0 Å². The molecule has 0 unspecified atom stereocenters. The number of halogens is 2. The lowest BCUT2D eigenvalue weighted by Crippen LogP contribution is -1.90. The molecule has 3 aromatic rings. The number of aliphatic imine (C=N–C) groups is 1. The Morgan fingerprint density at radius 1 is 0.765 bits per heavy atom. The number of aryl methyl sites for hydroxylation is 2. The van der Waals surface area contributed by atoms with Gasteiger partial charge in [-0.2, -0.15) is 4.99 Å². The highest BCUT2D eigenvalue weighted by molar-refractivity contribution is 7.78. The first kappa shape index (κ1) is 25.1. The van der Waals surface area contributed by atoms with Crippen LogP contribution in [-0.2, 0) is 12.8 Å². The van der Waals surface area contributed by atoms with Gasteiger partial charge in [0.25, 0.3) is 0 Å². The van der Waals surface area contributed by atoms with Gasteiger partial charge >= 0.3 is 0 Å². The number of hydrogen-bond donors (Lipinski definition) is 0. The van der Waals surface area contributed by atoms with E-state index in [0.717, 1.165) is 47.2 Å². The van der Waals surface area contributed by atoms with Crippen LogP contribution in [-0.4, -0.2) is 5.16 Å². The number of benzene rings is 3. The second-order valence-electron chi connectivity index (χ2n) is 7.87. The van der Waals surface area contributed by atoms with Crippen molar-refractivity contribution in [3.8, 4) is 23.7 Å². The van der Waals surface area contributed by atoms with E-state index in [2.05, 4.69) is 72.1 Å². The molecule has 0 saturated carbocycles. The molecular formula is C30H25F2NS. The van der Waals surface area contributed by atoms with Crippen molar-refractivity contribution < 1.29 is 8.78 Å². The number of hydrogen-bond acceptors (Lipinski definition) is 2. The van der Waals surface area contributed by atoms with Crippen molar-refractivity contribution in [2.24, 2.45) is 4.99 Å². The molecule has 0 bridgehead atoms. The summed E-state index contributed by atoms with van der Waals surface area (Å²) in [7, 11) is 0. The maximum absolute atomic E-state index is 14.0. The summed E-state index contributed by atoms with van der Waals surface area (Å²) in [5.41, 5.74) is 4.81. The van der Waals surface area contributed by atoms with Crippen molar-refractivity contribution >= 4 is 23.1 Å². The number of unbranched alkanes of at least 4 members (excludes halogenated alkanes) is 2. The molecule has 0 amide bonds. The molecule has 0 saturated heterocycles. The lowest BCUT2D eigenvalue weighted by atomic mass is 10.0. The van der Waals surface area contributed by atoms with Crippen molar-refractivity contribution in [2.75, 3.05) is 0 Å². The molecule has 0 fully saturated rings. The number of thiocarbonyl (C=S) groups is 1. The van der Waals surface area contributed by atoms with E-state index in [4.69, 9.17) is 0 Å². The molecular weight excluding hydrogens is 444 g/mol. The van der Waals surface area contributed by atoms with Crippen molar-refractivity contribution in [1.29, 1.82) is 0 Å². The lowest BCUT2D eigenvalue weighted by molar-refractivity contribution is 0.587. The summed E-state index contributed by atoms with van der Waals surface area (Å²) in [5.74, 6) is 10.6. The van der Waals surface area contributed by atoms with Crippen molar-refractivity contribution in [3.63, 3.8) is 0 Å². The first-order chi connectivity index (χ1) is 16.5. The van der Waals surface area contributed by atoms with E-state index in [1.165, 1.54) is 24.8 Å². The fourth-order valence-electron chi connectivity index (χ4n) is 3.49. The van der Waals surface area contributed by atoms with Gasteiger partial charge in [-0.15, -0.1) is 0 Å². The van der Waals surface area contributed by atoms with Crippen LogP contribution in [0.4, 0.5) is 14.5 Å². The molecule has 0 aromatic heterocycles. The van der Waals surface area contributed by atoms with Crippen LogP contribution in [0.2, 0.25) is 0 Å². The quantitative estimate of drug-likeness (QED) is 0.155. The predicted octanol–water partition coefficient (Wildman–Crippen LogP) is 7.79. The molecule has 170 valence electrons. The van der Waals surface area contributed by atoms with Crippen LogP contribution in [0.3, 0.4) is 0 Å².